The summed E-state index contributed by atoms with van der Waals surface area (Å²) >= 11 is 0. The highest BCUT2D eigenvalue weighted by molar-refractivity contribution is 7.88. The summed E-state index contributed by atoms with van der Waals surface area (Å²) in [5, 5.41) is 2.86. The Morgan fingerprint density at radius 2 is 2.00 bits per heavy atom. The van der Waals surface area contributed by atoms with E-state index in [4.69, 9.17) is 7.85 Å². The van der Waals surface area contributed by atoms with Crippen LogP contribution in [0.25, 0.3) is 0 Å². The molecule has 1 amide bonds. The van der Waals surface area contributed by atoms with Gasteiger partial charge in [-0.05, 0) is 30.4 Å². The second-order valence-electron chi connectivity index (χ2n) is 6.46. The fourth-order valence-electron chi connectivity index (χ4n) is 3.32. The summed E-state index contributed by atoms with van der Waals surface area (Å²) in [6.45, 7) is 3.79. The van der Waals surface area contributed by atoms with Gasteiger partial charge < -0.3 is 5.32 Å². The van der Waals surface area contributed by atoms with Crippen molar-refractivity contribution in [3.63, 3.8) is 0 Å². The highest BCUT2D eigenvalue weighted by Gasteiger charge is 2.47. The van der Waals surface area contributed by atoms with Crippen LogP contribution in [0.4, 0.5) is 0 Å². The Balaban J connectivity index is 2.25. The van der Waals surface area contributed by atoms with Crippen LogP contribution in [0.5, 0.6) is 0 Å². The van der Waals surface area contributed by atoms with Crippen LogP contribution >= 0.6 is 0 Å². The summed E-state index contributed by atoms with van der Waals surface area (Å²) in [5.74, 6) is -0.419. The molecule has 1 aromatic rings. The molecule has 2 unspecified atom stereocenters. The van der Waals surface area contributed by atoms with Crippen molar-refractivity contribution in [2.75, 3.05) is 12.8 Å². The normalized spacial score (nSPS) is 27.3. The van der Waals surface area contributed by atoms with Gasteiger partial charge in [0.1, 0.15) is 7.85 Å². The molecule has 0 spiro atoms. The molecule has 1 aliphatic carbocycles. The number of hydrogen-bond donors (Lipinski definition) is 2. The number of aryl methyl sites for hydroxylation is 1. The SMILES string of the molecule is [B]C1(NC(=O)CNS(C)(=O)=O)CCc2ccccc2C1(C)CC. The van der Waals surface area contributed by atoms with E-state index in [1.54, 1.807) is 0 Å². The number of hydrogen-bond acceptors (Lipinski definition) is 3. The molecule has 2 atom stereocenters. The van der Waals surface area contributed by atoms with E-state index < -0.39 is 26.8 Å². The zero-order valence-corrected chi connectivity index (χ0v) is 14.7. The molecule has 0 bridgehead atoms. The van der Waals surface area contributed by atoms with Gasteiger partial charge in [-0.3, -0.25) is 4.79 Å². The third-order valence-corrected chi connectivity index (χ3v) is 5.62. The molecule has 23 heavy (non-hydrogen) atoms. The van der Waals surface area contributed by atoms with E-state index in [-0.39, 0.29) is 6.54 Å². The molecule has 1 aromatic carbocycles. The Morgan fingerprint density at radius 1 is 1.35 bits per heavy atom. The minimum atomic E-state index is -3.41. The lowest BCUT2D eigenvalue weighted by atomic mass is 9.50. The van der Waals surface area contributed by atoms with E-state index in [9.17, 15) is 13.2 Å². The minimum Gasteiger partial charge on any atom is -0.357 e. The van der Waals surface area contributed by atoms with E-state index in [2.05, 4.69) is 29.1 Å². The van der Waals surface area contributed by atoms with Crippen LogP contribution in [-0.4, -0.2) is 40.4 Å². The molecule has 0 fully saturated rings. The average molecular weight is 334 g/mol. The van der Waals surface area contributed by atoms with Crippen molar-refractivity contribution in [2.24, 2.45) is 0 Å². The van der Waals surface area contributed by atoms with Gasteiger partial charge in [0, 0.05) is 10.9 Å². The van der Waals surface area contributed by atoms with Crippen LogP contribution in [0, 0.1) is 0 Å². The smallest absolute Gasteiger partial charge is 0.234 e. The zero-order chi connectivity index (χ0) is 17.3. The Kier molecular flexibility index (Phi) is 4.92. The van der Waals surface area contributed by atoms with Gasteiger partial charge in [-0.1, -0.05) is 38.1 Å². The van der Waals surface area contributed by atoms with E-state index >= 15 is 0 Å². The topological polar surface area (TPSA) is 75.3 Å². The van der Waals surface area contributed by atoms with E-state index in [0.717, 1.165) is 24.7 Å². The van der Waals surface area contributed by atoms with Crippen molar-refractivity contribution < 1.29 is 13.2 Å². The molecule has 0 aliphatic heterocycles. The fourth-order valence-corrected chi connectivity index (χ4v) is 3.71. The van der Waals surface area contributed by atoms with Crippen LogP contribution in [0.3, 0.4) is 0 Å². The number of carbonyl (C=O) groups is 1. The van der Waals surface area contributed by atoms with Crippen molar-refractivity contribution in [3.8, 4) is 0 Å². The lowest BCUT2D eigenvalue weighted by molar-refractivity contribution is -0.121. The Bertz CT molecular complexity index is 707. The Labute approximate surface area is 139 Å². The minimum absolute atomic E-state index is 0.306. The van der Waals surface area contributed by atoms with Crippen LogP contribution in [0.15, 0.2) is 24.3 Å². The van der Waals surface area contributed by atoms with Crippen molar-refractivity contribution in [1.82, 2.24) is 10.0 Å². The number of fused-ring (bicyclic) bond motifs is 1. The van der Waals surface area contributed by atoms with Gasteiger partial charge in [-0.25, -0.2) is 13.1 Å². The lowest BCUT2D eigenvalue weighted by Gasteiger charge is -2.52. The highest BCUT2D eigenvalue weighted by atomic mass is 32.2. The van der Waals surface area contributed by atoms with Gasteiger partial charge in [0.2, 0.25) is 15.9 Å². The standard InChI is InChI=1S/C16H23BN2O3S/c1-4-15(2)13-8-6-5-7-12(13)9-10-16(15,17)19-14(20)11-18-23(3,21)22/h5-8,18H,4,9-11H2,1-3H3,(H,19,20). The molecule has 124 valence electrons. The largest absolute Gasteiger partial charge is 0.357 e. The second kappa shape index (κ2) is 6.28. The molecule has 0 heterocycles. The predicted molar refractivity (Wildman–Crippen MR) is 91.9 cm³/mol. The van der Waals surface area contributed by atoms with Crippen LogP contribution in [0.1, 0.15) is 37.8 Å². The van der Waals surface area contributed by atoms with E-state index in [1.165, 1.54) is 5.56 Å². The van der Waals surface area contributed by atoms with Crippen molar-refractivity contribution in [1.29, 1.82) is 0 Å². The average Bonchev–Trinajstić information content (AvgIpc) is 2.49. The second-order valence-corrected chi connectivity index (χ2v) is 8.29. The van der Waals surface area contributed by atoms with Crippen molar-refractivity contribution in [3.05, 3.63) is 35.4 Å². The number of rotatable bonds is 5. The van der Waals surface area contributed by atoms with Crippen molar-refractivity contribution in [2.45, 2.75) is 44.0 Å². The number of sulfonamides is 1. The molecule has 2 rings (SSSR count). The van der Waals surface area contributed by atoms with E-state index in [0.29, 0.717) is 6.42 Å². The van der Waals surface area contributed by atoms with Gasteiger partial charge in [0.25, 0.3) is 0 Å². The molecule has 2 N–H and O–H groups in total. The van der Waals surface area contributed by atoms with Gasteiger partial charge in [0.05, 0.1) is 12.8 Å². The van der Waals surface area contributed by atoms with Crippen LogP contribution in [0.2, 0.25) is 0 Å². The monoisotopic (exact) mass is 334 g/mol. The molecule has 1 aliphatic rings. The highest BCUT2D eigenvalue weighted by Crippen LogP contribution is 2.44. The van der Waals surface area contributed by atoms with Crippen molar-refractivity contribution >= 4 is 23.8 Å². The quantitative estimate of drug-likeness (QED) is 0.784. The maximum atomic E-state index is 12.2. The molecule has 2 radical (unpaired) electrons. The maximum Gasteiger partial charge on any atom is 0.234 e. The predicted octanol–water partition coefficient (Wildman–Crippen LogP) is 0.831. The first kappa shape index (κ1) is 18.0. The van der Waals surface area contributed by atoms with Crippen LogP contribution < -0.4 is 10.0 Å². The van der Waals surface area contributed by atoms with E-state index in [1.807, 2.05) is 19.1 Å². The van der Waals surface area contributed by atoms with Gasteiger partial charge in [-0.15, -0.1) is 0 Å². The summed E-state index contributed by atoms with van der Waals surface area (Å²) in [7, 11) is 3.18. The third kappa shape index (κ3) is 3.61. The lowest BCUT2D eigenvalue weighted by Crippen LogP contribution is -2.64. The van der Waals surface area contributed by atoms with Gasteiger partial charge in [-0.2, -0.15) is 0 Å². The first-order valence-electron chi connectivity index (χ1n) is 7.74. The van der Waals surface area contributed by atoms with Gasteiger partial charge >= 0.3 is 0 Å². The summed E-state index contributed by atoms with van der Waals surface area (Å²) in [6, 6.07) is 8.13. The first-order chi connectivity index (χ1) is 10.6. The maximum absolute atomic E-state index is 12.2. The first-order valence-corrected chi connectivity index (χ1v) is 9.63. The molecular formula is C16H23BN2O3S. The Morgan fingerprint density at radius 3 is 2.61 bits per heavy atom. The number of amides is 1. The molecule has 5 nitrogen and oxygen atoms in total. The molecule has 0 saturated carbocycles. The molecule has 0 aromatic heterocycles. The molecule has 0 saturated heterocycles. The number of nitrogens with one attached hydrogen (secondary N) is 2. The molecular weight excluding hydrogens is 311 g/mol. The number of carbonyl (C=O) groups excluding carboxylic acids is 1. The van der Waals surface area contributed by atoms with Gasteiger partial charge in [0.15, 0.2) is 0 Å². The third-order valence-electron chi connectivity index (χ3n) is 4.95. The summed E-state index contributed by atoms with van der Waals surface area (Å²) < 4.78 is 24.5. The summed E-state index contributed by atoms with van der Waals surface area (Å²) in [4.78, 5) is 12.2. The molecule has 7 heteroatoms. The summed E-state index contributed by atoms with van der Waals surface area (Å²) in [5.41, 5.74) is 1.07. The zero-order valence-electron chi connectivity index (χ0n) is 13.8. The fraction of sp³-hybridized carbons (Fsp3) is 0.562. The number of benzene rings is 1. The Hall–Kier alpha value is -1.34. The van der Waals surface area contributed by atoms with Crippen LogP contribution in [-0.2, 0) is 26.7 Å². The summed E-state index contributed by atoms with van der Waals surface area (Å²) in [6.07, 6.45) is 3.17.